The fraction of sp³-hybridized carbons (Fsp3) is 0.316. The monoisotopic (exact) mass is 313 g/mol. The van der Waals surface area contributed by atoms with Crippen molar-refractivity contribution in [3.8, 4) is 5.75 Å². The molecule has 0 N–H and O–H groups in total. The van der Waals surface area contributed by atoms with Gasteiger partial charge in [0.05, 0.1) is 18.7 Å². The summed E-state index contributed by atoms with van der Waals surface area (Å²) < 4.78 is 12.5. The van der Waals surface area contributed by atoms with E-state index in [2.05, 4.69) is 0 Å². The smallest absolute Gasteiger partial charge is 0.161 e. The second-order valence-electron chi connectivity index (χ2n) is 5.37. The van der Waals surface area contributed by atoms with Crippen molar-refractivity contribution in [1.82, 2.24) is 4.57 Å². The van der Waals surface area contributed by atoms with Crippen LogP contribution in [-0.2, 0) is 4.74 Å². The summed E-state index contributed by atoms with van der Waals surface area (Å²) in [4.78, 5) is 12.0. The fourth-order valence-corrected chi connectivity index (χ4v) is 2.46. The average Bonchev–Trinajstić information content (AvgIpc) is 2.94. The van der Waals surface area contributed by atoms with E-state index in [1.165, 1.54) is 0 Å². The summed E-state index contributed by atoms with van der Waals surface area (Å²) in [6, 6.07) is 5.77. The lowest BCUT2D eigenvalue weighted by Crippen LogP contribution is -2.00. The van der Waals surface area contributed by atoms with Crippen LogP contribution in [0, 0.1) is 0 Å². The average molecular weight is 313 g/mol. The standard InChI is InChI=1S/C19H23NO3/c1-6-15(8-7-13(2)22-4)20-12-18(14(3)21)17-11-16(23-5)9-10-19(17)20/h6-13H,1-5H3/b8-7-,15-6+. The predicted octanol–water partition coefficient (Wildman–Crippen LogP) is 4.30. The first-order chi connectivity index (χ1) is 11.0. The van der Waals surface area contributed by atoms with Crippen LogP contribution in [0.2, 0.25) is 0 Å². The SMILES string of the molecule is C/C=C(\C=C/C(C)OC)n1cc(C(C)=O)c2cc(OC)ccc21. The Morgan fingerprint density at radius 3 is 2.61 bits per heavy atom. The number of aromatic nitrogens is 1. The molecule has 1 unspecified atom stereocenters. The van der Waals surface area contributed by atoms with Gasteiger partial charge in [-0.2, -0.15) is 0 Å². The lowest BCUT2D eigenvalue weighted by molar-refractivity contribution is 0.101. The van der Waals surface area contributed by atoms with Crippen molar-refractivity contribution in [3.05, 3.63) is 48.2 Å². The van der Waals surface area contributed by atoms with Crippen molar-refractivity contribution >= 4 is 22.4 Å². The number of hydrogen-bond donors (Lipinski definition) is 0. The van der Waals surface area contributed by atoms with Gasteiger partial charge in [-0.3, -0.25) is 4.79 Å². The summed E-state index contributed by atoms with van der Waals surface area (Å²) in [5.74, 6) is 0.773. The topological polar surface area (TPSA) is 40.5 Å². The first-order valence-electron chi connectivity index (χ1n) is 7.59. The minimum absolute atomic E-state index is 0.0270. The number of benzene rings is 1. The second kappa shape index (κ2) is 7.29. The van der Waals surface area contributed by atoms with Gasteiger partial charge in [0.25, 0.3) is 0 Å². The first-order valence-corrected chi connectivity index (χ1v) is 7.59. The summed E-state index contributed by atoms with van der Waals surface area (Å²) in [5, 5.41) is 0.893. The van der Waals surface area contributed by atoms with Crippen LogP contribution in [0.5, 0.6) is 5.75 Å². The van der Waals surface area contributed by atoms with Crippen LogP contribution in [0.3, 0.4) is 0 Å². The molecular weight excluding hydrogens is 290 g/mol. The van der Waals surface area contributed by atoms with Crippen molar-refractivity contribution in [2.24, 2.45) is 0 Å². The van der Waals surface area contributed by atoms with Crippen molar-refractivity contribution in [2.45, 2.75) is 26.9 Å². The molecule has 4 nitrogen and oxygen atoms in total. The van der Waals surface area contributed by atoms with Gasteiger partial charge in [0, 0.05) is 30.0 Å². The zero-order valence-electron chi connectivity index (χ0n) is 14.3. The van der Waals surface area contributed by atoms with Gasteiger partial charge < -0.3 is 14.0 Å². The number of fused-ring (bicyclic) bond motifs is 1. The Labute approximate surface area is 137 Å². The number of rotatable bonds is 6. The molecule has 1 aromatic carbocycles. The van der Waals surface area contributed by atoms with E-state index in [-0.39, 0.29) is 11.9 Å². The Kier molecular flexibility index (Phi) is 5.40. The van der Waals surface area contributed by atoms with Crippen LogP contribution in [0.15, 0.2) is 42.6 Å². The van der Waals surface area contributed by atoms with Gasteiger partial charge in [-0.1, -0.05) is 12.2 Å². The second-order valence-corrected chi connectivity index (χ2v) is 5.37. The van der Waals surface area contributed by atoms with Crippen LogP contribution in [0.1, 0.15) is 31.1 Å². The number of allylic oxidation sites excluding steroid dienone is 3. The van der Waals surface area contributed by atoms with Gasteiger partial charge in [0.2, 0.25) is 0 Å². The van der Waals surface area contributed by atoms with Crippen molar-refractivity contribution < 1.29 is 14.3 Å². The van der Waals surface area contributed by atoms with Gasteiger partial charge in [0.15, 0.2) is 5.78 Å². The molecule has 1 heterocycles. The summed E-state index contributed by atoms with van der Waals surface area (Å²) in [6.07, 6.45) is 7.90. The highest BCUT2D eigenvalue weighted by Crippen LogP contribution is 2.29. The minimum atomic E-state index is 0.0270. The van der Waals surface area contributed by atoms with E-state index < -0.39 is 0 Å². The van der Waals surface area contributed by atoms with Crippen molar-refractivity contribution in [1.29, 1.82) is 0 Å². The zero-order chi connectivity index (χ0) is 17.0. The third-order valence-electron chi connectivity index (χ3n) is 3.87. The lowest BCUT2D eigenvalue weighted by atomic mass is 10.1. The zero-order valence-corrected chi connectivity index (χ0v) is 14.3. The summed E-state index contributed by atoms with van der Waals surface area (Å²) in [5.41, 5.74) is 2.64. The number of ether oxygens (including phenoxy) is 2. The number of nitrogens with zero attached hydrogens (tertiary/aromatic N) is 1. The third-order valence-corrected chi connectivity index (χ3v) is 3.87. The molecule has 0 spiro atoms. The Bertz CT molecular complexity index is 768. The van der Waals surface area contributed by atoms with E-state index in [0.29, 0.717) is 5.56 Å². The van der Waals surface area contributed by atoms with Gasteiger partial charge in [-0.05, 0) is 45.0 Å². The minimum Gasteiger partial charge on any atom is -0.497 e. The molecule has 2 aromatic rings. The third kappa shape index (κ3) is 3.54. The Hall–Kier alpha value is -2.33. The number of carbonyl (C=O) groups excluding carboxylic acids is 1. The molecule has 0 saturated carbocycles. The number of hydrogen-bond acceptors (Lipinski definition) is 3. The van der Waals surface area contributed by atoms with Gasteiger partial charge in [-0.25, -0.2) is 0 Å². The molecular formula is C19H23NO3. The van der Waals surface area contributed by atoms with Gasteiger partial charge in [0.1, 0.15) is 5.75 Å². The Morgan fingerprint density at radius 2 is 2.04 bits per heavy atom. The van der Waals surface area contributed by atoms with Crippen LogP contribution in [0.4, 0.5) is 0 Å². The number of Topliss-reactive ketones (excluding diaryl/α,β-unsaturated/α-hetero) is 1. The van der Waals surface area contributed by atoms with E-state index in [9.17, 15) is 4.79 Å². The largest absolute Gasteiger partial charge is 0.497 e. The van der Waals surface area contributed by atoms with E-state index in [1.54, 1.807) is 21.1 Å². The molecule has 0 aliphatic heterocycles. The molecule has 0 aliphatic rings. The molecule has 122 valence electrons. The molecule has 0 aliphatic carbocycles. The normalized spacial score (nSPS) is 13.7. The van der Waals surface area contributed by atoms with Crippen molar-refractivity contribution in [3.63, 3.8) is 0 Å². The number of carbonyl (C=O) groups is 1. The van der Waals surface area contributed by atoms with E-state index in [4.69, 9.17) is 9.47 Å². The number of ketones is 1. The summed E-state index contributed by atoms with van der Waals surface area (Å²) in [6.45, 7) is 5.53. The van der Waals surface area contributed by atoms with Crippen LogP contribution < -0.4 is 4.74 Å². The van der Waals surface area contributed by atoms with Crippen molar-refractivity contribution in [2.75, 3.05) is 14.2 Å². The van der Waals surface area contributed by atoms with Gasteiger partial charge in [-0.15, -0.1) is 0 Å². The molecule has 4 heteroatoms. The molecule has 0 saturated heterocycles. The molecule has 2 rings (SSSR count). The highest BCUT2D eigenvalue weighted by molar-refractivity contribution is 6.08. The fourth-order valence-electron chi connectivity index (χ4n) is 2.46. The quantitative estimate of drug-likeness (QED) is 0.589. The summed E-state index contributed by atoms with van der Waals surface area (Å²) >= 11 is 0. The van der Waals surface area contributed by atoms with E-state index in [1.807, 2.05) is 61.0 Å². The molecule has 23 heavy (non-hydrogen) atoms. The first kappa shape index (κ1) is 17.0. The van der Waals surface area contributed by atoms with Crippen LogP contribution >= 0.6 is 0 Å². The van der Waals surface area contributed by atoms with E-state index in [0.717, 1.165) is 22.3 Å². The molecule has 0 radical (unpaired) electrons. The predicted molar refractivity (Wildman–Crippen MR) is 94.1 cm³/mol. The molecule has 0 bridgehead atoms. The maximum Gasteiger partial charge on any atom is 0.161 e. The van der Waals surface area contributed by atoms with Crippen LogP contribution in [0.25, 0.3) is 16.6 Å². The molecule has 0 amide bonds. The highest BCUT2D eigenvalue weighted by Gasteiger charge is 2.14. The maximum absolute atomic E-state index is 12.0. The van der Waals surface area contributed by atoms with E-state index >= 15 is 0 Å². The highest BCUT2D eigenvalue weighted by atomic mass is 16.5. The molecule has 0 fully saturated rings. The Balaban J connectivity index is 2.60. The maximum atomic E-state index is 12.0. The number of methoxy groups -OCH3 is 2. The van der Waals surface area contributed by atoms with Crippen LogP contribution in [-0.4, -0.2) is 30.7 Å². The lowest BCUT2D eigenvalue weighted by Gasteiger charge is -2.08. The Morgan fingerprint density at radius 1 is 1.30 bits per heavy atom. The molecule has 1 atom stereocenters. The molecule has 1 aromatic heterocycles. The summed E-state index contributed by atoms with van der Waals surface area (Å²) in [7, 11) is 3.30. The van der Waals surface area contributed by atoms with Gasteiger partial charge >= 0.3 is 0 Å².